The zero-order valence-electron chi connectivity index (χ0n) is 7.18. The summed E-state index contributed by atoms with van der Waals surface area (Å²) in [5.41, 5.74) is 0.326. The van der Waals surface area contributed by atoms with Gasteiger partial charge in [0, 0.05) is 0 Å². The fourth-order valence-electron chi connectivity index (χ4n) is 0.931. The number of hydrogen-bond acceptors (Lipinski definition) is 2. The molecule has 0 aliphatic heterocycles. The first-order chi connectivity index (χ1) is 6.61. The minimum Gasteiger partial charge on any atom is -0.478 e. The van der Waals surface area contributed by atoms with Crippen molar-refractivity contribution in [3.05, 3.63) is 41.5 Å². The van der Waals surface area contributed by atoms with Crippen LogP contribution < -0.4 is 0 Å². The predicted molar refractivity (Wildman–Crippen MR) is 56.0 cm³/mol. The van der Waals surface area contributed by atoms with E-state index in [0.29, 0.717) is 5.56 Å². The monoisotopic (exact) mass is 208 g/mol. The van der Waals surface area contributed by atoms with Gasteiger partial charge < -0.3 is 5.11 Å². The summed E-state index contributed by atoms with van der Waals surface area (Å²) in [6.07, 6.45) is 1.29. The average molecular weight is 208 g/mol. The Hall–Kier alpha value is -1.55. The predicted octanol–water partition coefficient (Wildman–Crippen LogP) is 1.61. The highest BCUT2D eigenvalue weighted by Crippen LogP contribution is 2.09. The molecule has 0 spiro atoms. The number of carbonyl (C=O) groups is 2. The van der Waals surface area contributed by atoms with Gasteiger partial charge in [0.25, 0.3) is 0 Å². The molecule has 0 bridgehead atoms. The number of hydrogen-bond donors (Lipinski definition) is 2. The third-order valence-electron chi connectivity index (χ3n) is 1.57. The van der Waals surface area contributed by atoms with E-state index in [2.05, 4.69) is 12.6 Å². The molecular weight excluding hydrogens is 200 g/mol. The van der Waals surface area contributed by atoms with Crippen LogP contribution in [0.25, 0.3) is 6.08 Å². The molecule has 0 radical (unpaired) electrons. The summed E-state index contributed by atoms with van der Waals surface area (Å²) >= 11 is 3.47. The highest BCUT2D eigenvalue weighted by atomic mass is 32.1. The Labute approximate surface area is 86.5 Å². The molecule has 0 unspecified atom stereocenters. The second kappa shape index (κ2) is 4.62. The molecule has 0 amide bonds. The van der Waals surface area contributed by atoms with Crippen molar-refractivity contribution in [2.75, 3.05) is 0 Å². The molecule has 0 aromatic heterocycles. The van der Waals surface area contributed by atoms with Crippen molar-refractivity contribution in [1.29, 1.82) is 0 Å². The van der Waals surface area contributed by atoms with Gasteiger partial charge in [-0.05, 0) is 11.6 Å². The maximum Gasteiger partial charge on any atom is 0.340 e. The molecule has 0 aliphatic carbocycles. The fourth-order valence-corrected chi connectivity index (χ4v) is 1.09. The lowest BCUT2D eigenvalue weighted by Crippen LogP contribution is -2.06. The Kier molecular flexibility index (Phi) is 3.48. The second-order valence-electron chi connectivity index (χ2n) is 2.58. The zero-order chi connectivity index (χ0) is 10.6. The second-order valence-corrected chi connectivity index (χ2v) is 2.99. The van der Waals surface area contributed by atoms with Gasteiger partial charge >= 0.3 is 5.97 Å². The summed E-state index contributed by atoms with van der Waals surface area (Å²) in [6.45, 7) is 0. The lowest BCUT2D eigenvalue weighted by Gasteiger charge is -1.96. The summed E-state index contributed by atoms with van der Waals surface area (Å²) in [5.74, 6) is -1.27. The van der Waals surface area contributed by atoms with Crippen LogP contribution in [-0.2, 0) is 9.59 Å². The number of rotatable bonds is 3. The van der Waals surface area contributed by atoms with Crippen molar-refractivity contribution in [1.82, 2.24) is 0 Å². The maximum absolute atomic E-state index is 10.8. The van der Waals surface area contributed by atoms with Crippen LogP contribution in [0.1, 0.15) is 5.56 Å². The molecule has 3 nitrogen and oxygen atoms in total. The van der Waals surface area contributed by atoms with Crippen LogP contribution in [-0.4, -0.2) is 16.2 Å². The van der Waals surface area contributed by atoms with Gasteiger partial charge in [-0.1, -0.05) is 30.3 Å². The first-order valence-corrected chi connectivity index (χ1v) is 4.29. The Morgan fingerprint density at radius 2 is 1.79 bits per heavy atom. The molecule has 0 fully saturated rings. The summed E-state index contributed by atoms with van der Waals surface area (Å²) in [6, 6.07) is 8.74. The lowest BCUT2D eigenvalue weighted by atomic mass is 10.1. The molecule has 72 valence electrons. The van der Waals surface area contributed by atoms with Crippen LogP contribution in [0.4, 0.5) is 0 Å². The highest BCUT2D eigenvalue weighted by molar-refractivity contribution is 7.97. The molecule has 0 heterocycles. The van der Waals surface area contributed by atoms with Crippen molar-refractivity contribution in [2.24, 2.45) is 0 Å². The number of carboxylic acids is 1. The first-order valence-electron chi connectivity index (χ1n) is 3.84. The van der Waals surface area contributed by atoms with E-state index in [-0.39, 0.29) is 5.57 Å². The van der Waals surface area contributed by atoms with Gasteiger partial charge in [0.1, 0.15) is 5.57 Å². The van der Waals surface area contributed by atoms with Gasteiger partial charge in [0.2, 0.25) is 5.12 Å². The minimum absolute atomic E-state index is 0.334. The molecule has 1 aromatic carbocycles. The van der Waals surface area contributed by atoms with E-state index in [0.717, 1.165) is 0 Å². The zero-order valence-corrected chi connectivity index (χ0v) is 8.07. The standard InChI is InChI=1S/C10H8O3S/c11-9(12)8(10(13)14)6-7-4-2-1-3-5-7/h1-6H,(H,11,12)(H,13,14). The van der Waals surface area contributed by atoms with E-state index in [1.54, 1.807) is 30.3 Å². The summed E-state index contributed by atoms with van der Waals surface area (Å²) in [4.78, 5) is 21.4. The molecule has 0 saturated heterocycles. The van der Waals surface area contributed by atoms with E-state index >= 15 is 0 Å². The summed E-state index contributed by atoms with van der Waals surface area (Å²) in [7, 11) is 0. The molecule has 0 aliphatic rings. The number of thiol groups is 1. The van der Waals surface area contributed by atoms with Crippen LogP contribution in [0.5, 0.6) is 0 Å². The largest absolute Gasteiger partial charge is 0.478 e. The van der Waals surface area contributed by atoms with Crippen LogP contribution in [0, 0.1) is 0 Å². The number of carbonyl (C=O) groups excluding carboxylic acids is 1. The van der Waals surface area contributed by atoms with Crippen molar-refractivity contribution in [3.63, 3.8) is 0 Å². The Morgan fingerprint density at radius 1 is 1.21 bits per heavy atom. The summed E-state index contributed by atoms with van der Waals surface area (Å²) in [5, 5.41) is 7.92. The molecular formula is C10H8O3S. The van der Waals surface area contributed by atoms with Crippen molar-refractivity contribution in [2.45, 2.75) is 0 Å². The quantitative estimate of drug-likeness (QED) is 0.343. The van der Waals surface area contributed by atoms with Gasteiger partial charge in [-0.15, -0.1) is 12.6 Å². The van der Waals surface area contributed by atoms with Gasteiger partial charge in [0.15, 0.2) is 0 Å². The molecule has 1 rings (SSSR count). The minimum atomic E-state index is -1.27. The van der Waals surface area contributed by atoms with Crippen molar-refractivity contribution < 1.29 is 14.7 Å². The van der Waals surface area contributed by atoms with Crippen LogP contribution in [0.15, 0.2) is 35.9 Å². The number of benzene rings is 1. The normalized spacial score (nSPS) is 11.1. The lowest BCUT2D eigenvalue weighted by molar-refractivity contribution is -0.133. The smallest absolute Gasteiger partial charge is 0.340 e. The molecule has 4 heteroatoms. The molecule has 1 N–H and O–H groups in total. The number of aliphatic carboxylic acids is 1. The molecule has 0 saturated carbocycles. The Morgan fingerprint density at radius 3 is 2.21 bits per heavy atom. The molecule has 0 atom stereocenters. The molecule has 14 heavy (non-hydrogen) atoms. The topological polar surface area (TPSA) is 54.4 Å². The first kappa shape index (κ1) is 10.5. The van der Waals surface area contributed by atoms with E-state index in [9.17, 15) is 9.59 Å². The SMILES string of the molecule is O=C(O)C(=Cc1ccccc1)C(=O)S. The van der Waals surface area contributed by atoms with Crippen molar-refractivity contribution >= 4 is 29.8 Å². The van der Waals surface area contributed by atoms with Crippen LogP contribution in [0.3, 0.4) is 0 Å². The van der Waals surface area contributed by atoms with E-state index in [4.69, 9.17) is 5.11 Å². The maximum atomic E-state index is 10.8. The number of carboxylic acid groups (broad SMARTS) is 1. The summed E-state index contributed by atoms with van der Waals surface area (Å²) < 4.78 is 0. The Bertz CT molecular complexity index is 366. The van der Waals surface area contributed by atoms with E-state index in [1.165, 1.54) is 6.08 Å². The van der Waals surface area contributed by atoms with Gasteiger partial charge in [-0.3, -0.25) is 4.79 Å². The van der Waals surface area contributed by atoms with Gasteiger partial charge in [-0.2, -0.15) is 0 Å². The van der Waals surface area contributed by atoms with Crippen LogP contribution in [0.2, 0.25) is 0 Å². The Balaban J connectivity index is 3.06. The van der Waals surface area contributed by atoms with E-state index < -0.39 is 11.1 Å². The third kappa shape index (κ3) is 2.74. The van der Waals surface area contributed by atoms with Gasteiger partial charge in [0.05, 0.1) is 0 Å². The van der Waals surface area contributed by atoms with E-state index in [1.807, 2.05) is 0 Å². The van der Waals surface area contributed by atoms with Crippen LogP contribution >= 0.6 is 12.6 Å². The highest BCUT2D eigenvalue weighted by Gasteiger charge is 2.12. The average Bonchev–Trinajstić information content (AvgIpc) is 2.15. The molecule has 1 aromatic rings. The fraction of sp³-hybridized carbons (Fsp3) is 0. The van der Waals surface area contributed by atoms with Gasteiger partial charge in [-0.25, -0.2) is 4.79 Å². The van der Waals surface area contributed by atoms with Crippen molar-refractivity contribution in [3.8, 4) is 0 Å². The third-order valence-corrected chi connectivity index (χ3v) is 1.81.